The number of hydrogen-bond donors (Lipinski definition) is 1. The van der Waals surface area contributed by atoms with Gasteiger partial charge < -0.3 is 10.2 Å². The molecule has 0 unspecified atom stereocenters. The summed E-state index contributed by atoms with van der Waals surface area (Å²) in [5.41, 5.74) is 2.93. The molecule has 0 spiro atoms. The van der Waals surface area contributed by atoms with E-state index in [1.165, 1.54) is 24.1 Å². The van der Waals surface area contributed by atoms with Crippen LogP contribution >= 0.6 is 0 Å². The van der Waals surface area contributed by atoms with Crippen molar-refractivity contribution in [2.45, 2.75) is 25.7 Å². The summed E-state index contributed by atoms with van der Waals surface area (Å²) >= 11 is 0. The summed E-state index contributed by atoms with van der Waals surface area (Å²) in [6, 6.07) is 5.72. The maximum Gasteiger partial charge on any atom is 0.264 e. The zero-order chi connectivity index (χ0) is 19.1. The van der Waals surface area contributed by atoms with Gasteiger partial charge in [-0.25, -0.2) is 4.98 Å². The Hall–Kier alpha value is -3.03. The van der Waals surface area contributed by atoms with Crippen molar-refractivity contribution in [3.63, 3.8) is 0 Å². The Morgan fingerprint density at radius 3 is 2.96 bits per heavy atom. The van der Waals surface area contributed by atoms with Gasteiger partial charge in [0, 0.05) is 38.8 Å². The number of pyridine rings is 1. The number of aryl methyl sites for hydroxylation is 2. The Labute approximate surface area is 162 Å². The number of anilines is 2. The van der Waals surface area contributed by atoms with Crippen LogP contribution in [0.4, 0.5) is 11.8 Å². The SMILES string of the molecule is Cn1c(NCC2CN(c3cc4c(nn3)CCCC4)C2)nc2ncccc2c1=O. The van der Waals surface area contributed by atoms with E-state index in [2.05, 4.69) is 36.4 Å². The fraction of sp³-hybridized carbons (Fsp3) is 0.450. The molecule has 1 saturated heterocycles. The molecule has 3 aromatic rings. The van der Waals surface area contributed by atoms with Gasteiger partial charge in [0.05, 0.1) is 11.1 Å². The highest BCUT2D eigenvalue weighted by Crippen LogP contribution is 2.26. The van der Waals surface area contributed by atoms with E-state index < -0.39 is 0 Å². The van der Waals surface area contributed by atoms with Crippen LogP contribution in [0.2, 0.25) is 0 Å². The van der Waals surface area contributed by atoms with Gasteiger partial charge in [-0.1, -0.05) is 0 Å². The predicted octanol–water partition coefficient (Wildman–Crippen LogP) is 1.55. The first-order valence-electron chi connectivity index (χ1n) is 9.85. The molecule has 2 aliphatic rings. The van der Waals surface area contributed by atoms with Crippen LogP contribution in [-0.4, -0.2) is 44.4 Å². The molecule has 0 atom stereocenters. The summed E-state index contributed by atoms with van der Waals surface area (Å²) < 4.78 is 1.55. The molecule has 1 fully saturated rings. The zero-order valence-electron chi connectivity index (χ0n) is 15.9. The highest BCUT2D eigenvalue weighted by molar-refractivity contribution is 5.74. The second kappa shape index (κ2) is 6.85. The van der Waals surface area contributed by atoms with Gasteiger partial charge >= 0.3 is 0 Å². The lowest BCUT2D eigenvalue weighted by atomic mass is 9.95. The van der Waals surface area contributed by atoms with Crippen LogP contribution in [0, 0.1) is 5.92 Å². The summed E-state index contributed by atoms with van der Waals surface area (Å²) in [4.78, 5) is 23.4. The van der Waals surface area contributed by atoms with E-state index in [9.17, 15) is 4.79 Å². The molecule has 5 rings (SSSR count). The first kappa shape index (κ1) is 17.1. The highest BCUT2D eigenvalue weighted by Gasteiger charge is 2.29. The van der Waals surface area contributed by atoms with Gasteiger partial charge in [-0.2, -0.15) is 10.1 Å². The van der Waals surface area contributed by atoms with Crippen LogP contribution in [0.3, 0.4) is 0 Å². The zero-order valence-corrected chi connectivity index (χ0v) is 15.9. The van der Waals surface area contributed by atoms with Crippen LogP contribution in [0.15, 0.2) is 29.2 Å². The van der Waals surface area contributed by atoms with E-state index in [0.29, 0.717) is 22.9 Å². The molecule has 8 nitrogen and oxygen atoms in total. The van der Waals surface area contributed by atoms with Crippen LogP contribution in [-0.2, 0) is 19.9 Å². The Bertz CT molecular complexity index is 1090. The van der Waals surface area contributed by atoms with Gasteiger partial charge in [-0.15, -0.1) is 5.10 Å². The number of hydrogen-bond acceptors (Lipinski definition) is 7. The van der Waals surface area contributed by atoms with Crippen molar-refractivity contribution >= 4 is 22.8 Å². The molecule has 28 heavy (non-hydrogen) atoms. The number of nitrogens with zero attached hydrogens (tertiary/aromatic N) is 6. The molecule has 3 aromatic heterocycles. The quantitative estimate of drug-likeness (QED) is 0.738. The van der Waals surface area contributed by atoms with E-state index in [1.807, 2.05) is 0 Å². The van der Waals surface area contributed by atoms with Crippen LogP contribution < -0.4 is 15.8 Å². The molecular weight excluding hydrogens is 354 g/mol. The van der Waals surface area contributed by atoms with E-state index in [4.69, 9.17) is 0 Å². The molecule has 1 aliphatic carbocycles. The Morgan fingerprint density at radius 2 is 2.07 bits per heavy atom. The fourth-order valence-electron chi connectivity index (χ4n) is 4.02. The molecule has 0 bridgehead atoms. The minimum atomic E-state index is -0.0832. The molecule has 8 heteroatoms. The largest absolute Gasteiger partial charge is 0.355 e. The van der Waals surface area contributed by atoms with Crippen molar-refractivity contribution in [2.24, 2.45) is 13.0 Å². The molecule has 0 aromatic carbocycles. The van der Waals surface area contributed by atoms with Crippen molar-refractivity contribution in [1.82, 2.24) is 24.7 Å². The maximum atomic E-state index is 12.5. The lowest BCUT2D eigenvalue weighted by molar-refractivity contribution is 0.423. The van der Waals surface area contributed by atoms with Crippen molar-refractivity contribution in [3.05, 3.63) is 46.0 Å². The normalized spacial score (nSPS) is 16.7. The van der Waals surface area contributed by atoms with Crippen LogP contribution in [0.1, 0.15) is 24.1 Å². The number of nitrogens with one attached hydrogen (secondary N) is 1. The van der Waals surface area contributed by atoms with Gasteiger partial charge in [0.25, 0.3) is 5.56 Å². The lowest BCUT2D eigenvalue weighted by Gasteiger charge is -2.40. The first-order chi connectivity index (χ1) is 13.7. The van der Waals surface area contributed by atoms with Gasteiger partial charge in [0.1, 0.15) is 0 Å². The number of aromatic nitrogens is 5. The fourth-order valence-corrected chi connectivity index (χ4v) is 4.02. The summed E-state index contributed by atoms with van der Waals surface area (Å²) in [6.07, 6.45) is 6.30. The summed E-state index contributed by atoms with van der Waals surface area (Å²) in [7, 11) is 1.74. The van der Waals surface area contributed by atoms with E-state index in [0.717, 1.165) is 38.3 Å². The second-order valence-corrected chi connectivity index (χ2v) is 7.71. The van der Waals surface area contributed by atoms with E-state index >= 15 is 0 Å². The standard InChI is InChI=1S/C20H23N7O/c1-26-19(28)15-6-4-8-21-18(15)23-20(26)22-10-13-11-27(12-13)17-9-14-5-2-3-7-16(14)24-25-17/h4,6,8-9,13H,2-3,5,7,10-12H2,1H3,(H,21,22,23). The molecule has 0 radical (unpaired) electrons. The van der Waals surface area contributed by atoms with Crippen molar-refractivity contribution in [3.8, 4) is 0 Å². The highest BCUT2D eigenvalue weighted by atomic mass is 16.1. The molecule has 144 valence electrons. The number of rotatable bonds is 4. The molecule has 1 aliphatic heterocycles. The summed E-state index contributed by atoms with van der Waals surface area (Å²) in [5.74, 6) is 2.02. The average molecular weight is 377 g/mol. The minimum Gasteiger partial charge on any atom is -0.355 e. The molecular formula is C20H23N7O. The lowest BCUT2D eigenvalue weighted by Crippen LogP contribution is -2.50. The Morgan fingerprint density at radius 1 is 1.21 bits per heavy atom. The monoisotopic (exact) mass is 377 g/mol. The van der Waals surface area contributed by atoms with Crippen molar-refractivity contribution < 1.29 is 0 Å². The Kier molecular flexibility index (Phi) is 4.18. The molecule has 4 heterocycles. The predicted molar refractivity (Wildman–Crippen MR) is 108 cm³/mol. The number of fused-ring (bicyclic) bond motifs is 2. The minimum absolute atomic E-state index is 0.0832. The summed E-state index contributed by atoms with van der Waals surface area (Å²) in [5, 5.41) is 12.7. The molecule has 0 amide bonds. The third kappa shape index (κ3) is 2.98. The first-order valence-corrected chi connectivity index (χ1v) is 9.85. The van der Waals surface area contributed by atoms with E-state index in [1.54, 1.807) is 29.9 Å². The van der Waals surface area contributed by atoms with Gasteiger partial charge in [-0.05, 0) is 49.4 Å². The Balaban J connectivity index is 1.23. The maximum absolute atomic E-state index is 12.5. The topological polar surface area (TPSA) is 88.8 Å². The van der Waals surface area contributed by atoms with Gasteiger partial charge in [0.15, 0.2) is 11.5 Å². The average Bonchev–Trinajstić information content (AvgIpc) is 2.70. The third-order valence-corrected chi connectivity index (χ3v) is 5.74. The van der Waals surface area contributed by atoms with Crippen molar-refractivity contribution in [1.29, 1.82) is 0 Å². The van der Waals surface area contributed by atoms with Crippen LogP contribution in [0.5, 0.6) is 0 Å². The van der Waals surface area contributed by atoms with Crippen molar-refractivity contribution in [2.75, 3.05) is 29.9 Å². The van der Waals surface area contributed by atoms with Gasteiger partial charge in [-0.3, -0.25) is 9.36 Å². The van der Waals surface area contributed by atoms with Crippen LogP contribution in [0.25, 0.3) is 11.0 Å². The van der Waals surface area contributed by atoms with E-state index in [-0.39, 0.29) is 5.56 Å². The smallest absolute Gasteiger partial charge is 0.264 e. The second-order valence-electron chi connectivity index (χ2n) is 7.71. The molecule has 0 saturated carbocycles. The van der Waals surface area contributed by atoms with Gasteiger partial charge in [0.2, 0.25) is 5.95 Å². The molecule has 1 N–H and O–H groups in total. The third-order valence-electron chi connectivity index (χ3n) is 5.74. The summed E-state index contributed by atoms with van der Waals surface area (Å²) in [6.45, 7) is 2.62.